The van der Waals surface area contributed by atoms with E-state index in [-0.39, 0.29) is 5.91 Å². The largest absolute Gasteiger partial charge is 0.351 e. The van der Waals surface area contributed by atoms with Gasteiger partial charge in [-0.3, -0.25) is 4.79 Å². The van der Waals surface area contributed by atoms with Crippen LogP contribution in [0.4, 0.5) is 0 Å². The Morgan fingerprint density at radius 3 is 2.95 bits per heavy atom. The fourth-order valence-corrected chi connectivity index (χ4v) is 2.64. The summed E-state index contributed by atoms with van der Waals surface area (Å²) in [7, 11) is 0. The highest BCUT2D eigenvalue weighted by Crippen LogP contribution is 2.20. The number of nitrogens with one attached hydrogen (secondary N) is 2. The van der Waals surface area contributed by atoms with Gasteiger partial charge in [0.1, 0.15) is 5.69 Å². The Labute approximate surface area is 129 Å². The number of benzene rings is 1. The predicted octanol–water partition coefficient (Wildman–Crippen LogP) is 2.88. The molecule has 114 valence electrons. The summed E-state index contributed by atoms with van der Waals surface area (Å²) in [5.74, 6) is -0.0312. The predicted molar refractivity (Wildman–Crippen MR) is 86.8 cm³/mol. The molecule has 2 heterocycles. The molecule has 0 aliphatic rings. The van der Waals surface area contributed by atoms with Gasteiger partial charge in [-0.05, 0) is 31.4 Å². The molecule has 2 N–H and O–H groups in total. The van der Waals surface area contributed by atoms with Crippen molar-refractivity contribution in [2.45, 2.75) is 26.3 Å². The van der Waals surface area contributed by atoms with Crippen molar-refractivity contribution in [1.29, 1.82) is 0 Å². The number of para-hydroxylation sites is 1. The van der Waals surface area contributed by atoms with E-state index in [1.54, 1.807) is 6.20 Å². The Bertz CT molecular complexity index is 758. The molecule has 2 aromatic heterocycles. The second kappa shape index (κ2) is 6.47. The van der Waals surface area contributed by atoms with Gasteiger partial charge in [-0.2, -0.15) is 0 Å². The molecule has 0 spiro atoms. The number of fused-ring (bicyclic) bond motifs is 1. The highest BCUT2D eigenvalue weighted by molar-refractivity contribution is 6.00. The van der Waals surface area contributed by atoms with Crippen molar-refractivity contribution in [2.75, 3.05) is 6.54 Å². The van der Waals surface area contributed by atoms with Gasteiger partial charge in [-0.15, -0.1) is 0 Å². The first-order valence-electron chi connectivity index (χ1n) is 7.57. The molecule has 1 aromatic carbocycles. The van der Waals surface area contributed by atoms with E-state index < -0.39 is 0 Å². The number of nitrogens with zero attached hydrogens (tertiary/aromatic N) is 2. The molecule has 0 fully saturated rings. The van der Waals surface area contributed by atoms with E-state index in [4.69, 9.17) is 0 Å². The second-order valence-electron chi connectivity index (χ2n) is 5.43. The molecule has 5 nitrogen and oxygen atoms in total. The molecule has 0 saturated carbocycles. The third kappa shape index (κ3) is 3.03. The van der Waals surface area contributed by atoms with E-state index in [1.165, 1.54) is 0 Å². The lowest BCUT2D eigenvalue weighted by Crippen LogP contribution is -2.25. The molecule has 3 rings (SSSR count). The zero-order valence-corrected chi connectivity index (χ0v) is 12.7. The van der Waals surface area contributed by atoms with Crippen LogP contribution in [-0.2, 0) is 6.54 Å². The minimum Gasteiger partial charge on any atom is -0.351 e. The second-order valence-corrected chi connectivity index (χ2v) is 5.43. The average molecular weight is 296 g/mol. The number of H-pyrrole nitrogens is 1. The fourth-order valence-electron chi connectivity index (χ4n) is 2.64. The maximum Gasteiger partial charge on any atom is 0.268 e. The SMILES string of the molecule is Cc1c(C(=O)NCCCCn2ccnc2)[nH]c2ccccc12. The van der Waals surface area contributed by atoms with Crippen LogP contribution in [0.25, 0.3) is 10.9 Å². The van der Waals surface area contributed by atoms with Gasteiger partial charge in [-0.1, -0.05) is 18.2 Å². The Morgan fingerprint density at radius 1 is 1.32 bits per heavy atom. The van der Waals surface area contributed by atoms with Gasteiger partial charge in [0.25, 0.3) is 5.91 Å². The maximum absolute atomic E-state index is 12.3. The zero-order valence-electron chi connectivity index (χ0n) is 12.7. The number of hydrogen-bond donors (Lipinski definition) is 2. The Kier molecular flexibility index (Phi) is 4.23. The molecular formula is C17H20N4O. The number of rotatable bonds is 6. The van der Waals surface area contributed by atoms with Crippen molar-refractivity contribution >= 4 is 16.8 Å². The molecule has 0 aliphatic heterocycles. The number of carbonyl (C=O) groups is 1. The molecule has 0 unspecified atom stereocenters. The summed E-state index contributed by atoms with van der Waals surface area (Å²) in [4.78, 5) is 19.5. The number of imidazole rings is 1. The first-order chi connectivity index (χ1) is 10.8. The minimum absolute atomic E-state index is 0.0312. The molecule has 0 radical (unpaired) electrons. The first kappa shape index (κ1) is 14.4. The first-order valence-corrected chi connectivity index (χ1v) is 7.57. The lowest BCUT2D eigenvalue weighted by atomic mass is 10.1. The quantitative estimate of drug-likeness (QED) is 0.687. The summed E-state index contributed by atoms with van der Waals surface area (Å²) in [5.41, 5.74) is 2.67. The molecule has 0 atom stereocenters. The van der Waals surface area contributed by atoms with Crippen LogP contribution in [0.1, 0.15) is 28.9 Å². The highest BCUT2D eigenvalue weighted by Gasteiger charge is 2.13. The van der Waals surface area contributed by atoms with E-state index in [9.17, 15) is 4.79 Å². The summed E-state index contributed by atoms with van der Waals surface area (Å²) in [6.07, 6.45) is 7.50. The number of carbonyl (C=O) groups excluding carboxylic acids is 1. The molecular weight excluding hydrogens is 276 g/mol. The fraction of sp³-hybridized carbons (Fsp3) is 0.294. The van der Waals surface area contributed by atoms with Crippen LogP contribution >= 0.6 is 0 Å². The number of amides is 1. The van der Waals surface area contributed by atoms with Crippen LogP contribution in [0.5, 0.6) is 0 Å². The monoisotopic (exact) mass is 296 g/mol. The number of unbranched alkanes of at least 4 members (excludes halogenated alkanes) is 1. The van der Waals surface area contributed by atoms with E-state index >= 15 is 0 Å². The van der Waals surface area contributed by atoms with Crippen LogP contribution < -0.4 is 5.32 Å². The molecule has 0 aliphatic carbocycles. The summed E-state index contributed by atoms with van der Waals surface area (Å²) in [6, 6.07) is 7.98. The van der Waals surface area contributed by atoms with Gasteiger partial charge in [0.2, 0.25) is 0 Å². The van der Waals surface area contributed by atoms with Gasteiger partial charge in [0, 0.05) is 36.4 Å². The summed E-state index contributed by atoms with van der Waals surface area (Å²) >= 11 is 0. The number of aryl methyl sites for hydroxylation is 2. The molecule has 5 heteroatoms. The zero-order chi connectivity index (χ0) is 15.4. The smallest absolute Gasteiger partial charge is 0.268 e. The third-order valence-corrected chi connectivity index (χ3v) is 3.88. The number of hydrogen-bond acceptors (Lipinski definition) is 2. The van der Waals surface area contributed by atoms with Crippen molar-refractivity contribution in [2.24, 2.45) is 0 Å². The van der Waals surface area contributed by atoms with E-state index in [2.05, 4.69) is 15.3 Å². The molecule has 1 amide bonds. The van der Waals surface area contributed by atoms with Gasteiger partial charge >= 0.3 is 0 Å². The summed E-state index contributed by atoms with van der Waals surface area (Å²) in [5, 5.41) is 4.09. The van der Waals surface area contributed by atoms with Crippen molar-refractivity contribution in [3.05, 3.63) is 54.2 Å². The normalized spacial score (nSPS) is 11.0. The van der Waals surface area contributed by atoms with Gasteiger partial charge in [0.15, 0.2) is 0 Å². The molecule has 22 heavy (non-hydrogen) atoms. The van der Waals surface area contributed by atoms with Crippen LogP contribution in [0, 0.1) is 6.92 Å². The van der Waals surface area contributed by atoms with Crippen LogP contribution in [0.3, 0.4) is 0 Å². The Balaban J connectivity index is 1.52. The van der Waals surface area contributed by atoms with Crippen molar-refractivity contribution in [1.82, 2.24) is 19.9 Å². The van der Waals surface area contributed by atoms with Crippen LogP contribution in [0.2, 0.25) is 0 Å². The van der Waals surface area contributed by atoms with E-state index in [1.807, 2.05) is 48.3 Å². The number of aromatic nitrogens is 3. The third-order valence-electron chi connectivity index (χ3n) is 3.88. The van der Waals surface area contributed by atoms with Crippen molar-refractivity contribution < 1.29 is 4.79 Å². The maximum atomic E-state index is 12.3. The topological polar surface area (TPSA) is 62.7 Å². The standard InChI is InChI=1S/C17H20N4O/c1-13-14-6-2-3-7-15(14)20-16(13)17(22)19-8-4-5-10-21-11-9-18-12-21/h2-3,6-7,9,11-12,20H,4-5,8,10H2,1H3,(H,19,22). The minimum atomic E-state index is -0.0312. The van der Waals surface area contributed by atoms with Gasteiger partial charge in [0.05, 0.1) is 6.33 Å². The average Bonchev–Trinajstić information content (AvgIpc) is 3.15. The van der Waals surface area contributed by atoms with Crippen molar-refractivity contribution in [3.8, 4) is 0 Å². The lowest BCUT2D eigenvalue weighted by Gasteiger charge is -2.05. The lowest BCUT2D eigenvalue weighted by molar-refractivity contribution is 0.0948. The highest BCUT2D eigenvalue weighted by atomic mass is 16.1. The van der Waals surface area contributed by atoms with E-state index in [0.717, 1.165) is 35.9 Å². The molecule has 3 aromatic rings. The number of aromatic amines is 1. The Morgan fingerprint density at radius 2 is 2.18 bits per heavy atom. The molecule has 0 saturated heterocycles. The van der Waals surface area contributed by atoms with Gasteiger partial charge in [-0.25, -0.2) is 4.98 Å². The molecule has 0 bridgehead atoms. The van der Waals surface area contributed by atoms with Crippen LogP contribution in [0.15, 0.2) is 43.0 Å². The summed E-state index contributed by atoms with van der Waals surface area (Å²) in [6.45, 7) is 3.59. The summed E-state index contributed by atoms with van der Waals surface area (Å²) < 4.78 is 2.05. The Hall–Kier alpha value is -2.56. The van der Waals surface area contributed by atoms with Crippen molar-refractivity contribution in [3.63, 3.8) is 0 Å². The van der Waals surface area contributed by atoms with E-state index in [0.29, 0.717) is 12.2 Å². The van der Waals surface area contributed by atoms with Gasteiger partial charge < -0.3 is 14.9 Å². The van der Waals surface area contributed by atoms with Crippen LogP contribution in [-0.4, -0.2) is 27.0 Å².